The van der Waals surface area contributed by atoms with Crippen LogP contribution >= 0.6 is 0 Å². The highest BCUT2D eigenvalue weighted by molar-refractivity contribution is 5.68. The molecule has 0 unspecified atom stereocenters. The van der Waals surface area contributed by atoms with Gasteiger partial charge in [-0.15, -0.1) is 0 Å². The third-order valence-corrected chi connectivity index (χ3v) is 2.36. The molecule has 0 atom stereocenters. The molecule has 90 valence electrons. The smallest absolute Gasteiger partial charge is 0.407 e. The molecule has 1 saturated carbocycles. The molecule has 1 amide bonds. The number of hydrogen-bond donors (Lipinski definition) is 1. The maximum absolute atomic E-state index is 11.4. The maximum atomic E-state index is 11.4. The van der Waals surface area contributed by atoms with Gasteiger partial charge in [-0.2, -0.15) is 0 Å². The molecule has 16 heavy (non-hydrogen) atoms. The van der Waals surface area contributed by atoms with Gasteiger partial charge < -0.3 is 10.1 Å². The zero-order chi connectivity index (χ0) is 12.2. The van der Waals surface area contributed by atoms with E-state index in [-0.39, 0.29) is 12.1 Å². The van der Waals surface area contributed by atoms with Crippen LogP contribution < -0.4 is 5.32 Å². The molecule has 1 aliphatic rings. The Balaban J connectivity index is 2.17. The molecule has 1 N–H and O–H groups in total. The molecule has 0 bridgehead atoms. The van der Waals surface area contributed by atoms with Gasteiger partial charge in [0.05, 0.1) is 0 Å². The number of nitrogens with zero attached hydrogens (tertiary/aromatic N) is 3. The Morgan fingerprint density at radius 2 is 2.19 bits per heavy atom. The highest BCUT2D eigenvalue weighted by atomic mass is 16.6. The van der Waals surface area contributed by atoms with Crippen LogP contribution in [0.3, 0.4) is 0 Å². The Bertz CT molecular complexity index is 298. The van der Waals surface area contributed by atoms with E-state index in [0.717, 1.165) is 12.8 Å². The van der Waals surface area contributed by atoms with Crippen LogP contribution in [0.15, 0.2) is 5.11 Å². The first-order valence-electron chi connectivity index (χ1n) is 5.41. The molecule has 1 rings (SSSR count). The fourth-order valence-electron chi connectivity index (χ4n) is 1.63. The van der Waals surface area contributed by atoms with E-state index in [9.17, 15) is 4.79 Å². The van der Waals surface area contributed by atoms with Crippen LogP contribution in [0.4, 0.5) is 4.79 Å². The van der Waals surface area contributed by atoms with E-state index in [1.807, 2.05) is 20.8 Å². The molecule has 6 nitrogen and oxygen atoms in total. The average molecular weight is 226 g/mol. The van der Waals surface area contributed by atoms with Crippen LogP contribution in [0.25, 0.3) is 10.4 Å². The fourth-order valence-corrected chi connectivity index (χ4v) is 1.63. The molecule has 0 aromatic rings. The van der Waals surface area contributed by atoms with Crippen molar-refractivity contribution >= 4 is 6.09 Å². The van der Waals surface area contributed by atoms with Crippen molar-refractivity contribution < 1.29 is 9.53 Å². The molecule has 0 aliphatic heterocycles. The minimum atomic E-state index is -0.460. The van der Waals surface area contributed by atoms with E-state index >= 15 is 0 Å². The van der Waals surface area contributed by atoms with Gasteiger partial charge in [-0.05, 0) is 45.1 Å². The van der Waals surface area contributed by atoms with Gasteiger partial charge in [-0.3, -0.25) is 0 Å². The minimum Gasteiger partial charge on any atom is -0.444 e. The van der Waals surface area contributed by atoms with Crippen molar-refractivity contribution in [2.75, 3.05) is 6.54 Å². The number of azide groups is 1. The van der Waals surface area contributed by atoms with E-state index in [4.69, 9.17) is 10.3 Å². The molecule has 1 fully saturated rings. The van der Waals surface area contributed by atoms with E-state index in [1.165, 1.54) is 0 Å². The molecule has 0 spiro atoms. The van der Waals surface area contributed by atoms with Gasteiger partial charge >= 0.3 is 6.09 Å². The first-order valence-corrected chi connectivity index (χ1v) is 5.41. The lowest BCUT2D eigenvalue weighted by atomic mass is 9.80. The molecule has 0 radical (unpaired) electrons. The lowest BCUT2D eigenvalue weighted by Crippen LogP contribution is -2.46. The number of hydrogen-bond acceptors (Lipinski definition) is 3. The van der Waals surface area contributed by atoms with Crippen molar-refractivity contribution in [1.29, 1.82) is 0 Å². The summed E-state index contributed by atoms with van der Waals surface area (Å²) in [4.78, 5) is 14.1. The second-order valence-corrected chi connectivity index (χ2v) is 5.09. The summed E-state index contributed by atoms with van der Waals surface area (Å²) >= 11 is 0. The summed E-state index contributed by atoms with van der Waals surface area (Å²) in [5.41, 5.74) is 7.68. The normalized spacial score (nSPS) is 23.9. The predicted octanol–water partition coefficient (Wildman–Crippen LogP) is 2.60. The van der Waals surface area contributed by atoms with Crippen LogP contribution in [0.5, 0.6) is 0 Å². The summed E-state index contributed by atoms with van der Waals surface area (Å²) < 4.78 is 5.13. The first kappa shape index (κ1) is 12.6. The topological polar surface area (TPSA) is 87.1 Å². The van der Waals surface area contributed by atoms with Crippen molar-refractivity contribution in [3.8, 4) is 0 Å². The second kappa shape index (κ2) is 5.07. The van der Waals surface area contributed by atoms with Crippen LogP contribution in [-0.4, -0.2) is 24.3 Å². The van der Waals surface area contributed by atoms with E-state index < -0.39 is 5.60 Å². The lowest BCUT2D eigenvalue weighted by Gasteiger charge is -2.35. The highest BCUT2D eigenvalue weighted by Gasteiger charge is 2.30. The molecule has 1 aliphatic carbocycles. The molecular formula is C10H18N4O2. The average Bonchev–Trinajstić information content (AvgIpc) is 2.05. The monoisotopic (exact) mass is 226 g/mol. The van der Waals surface area contributed by atoms with Crippen molar-refractivity contribution in [2.45, 2.75) is 45.3 Å². The Morgan fingerprint density at radius 1 is 1.56 bits per heavy atom. The van der Waals surface area contributed by atoms with E-state index in [2.05, 4.69) is 15.3 Å². The van der Waals surface area contributed by atoms with Gasteiger partial charge in [0.1, 0.15) is 5.60 Å². The van der Waals surface area contributed by atoms with Crippen molar-refractivity contribution in [3.05, 3.63) is 10.4 Å². The molecule has 0 heterocycles. The Labute approximate surface area is 95.0 Å². The standard InChI is InChI=1S/C10H18N4O2/c1-10(2,3)16-9(15)13-8-4-7(5-8)6-12-14-11/h7-8H,4-6H2,1-3H3,(H,13,15)/t7-,8-. The lowest BCUT2D eigenvalue weighted by molar-refractivity contribution is 0.0455. The molecular weight excluding hydrogens is 208 g/mol. The number of carbonyl (C=O) groups is 1. The predicted molar refractivity (Wildman–Crippen MR) is 59.9 cm³/mol. The number of amides is 1. The van der Waals surface area contributed by atoms with Crippen LogP contribution in [-0.2, 0) is 4.74 Å². The third kappa shape index (κ3) is 4.40. The fraction of sp³-hybridized carbons (Fsp3) is 0.900. The summed E-state index contributed by atoms with van der Waals surface area (Å²) in [7, 11) is 0. The Kier molecular flexibility index (Phi) is 4.01. The quantitative estimate of drug-likeness (QED) is 0.455. The zero-order valence-electron chi connectivity index (χ0n) is 9.93. The first-order chi connectivity index (χ1) is 7.40. The van der Waals surface area contributed by atoms with Crippen LogP contribution in [0.2, 0.25) is 0 Å². The Hall–Kier alpha value is -1.42. The van der Waals surface area contributed by atoms with Crippen LogP contribution in [0, 0.1) is 5.92 Å². The van der Waals surface area contributed by atoms with Gasteiger partial charge in [0.25, 0.3) is 0 Å². The summed E-state index contributed by atoms with van der Waals surface area (Å²) in [6.45, 7) is 6.01. The molecule has 0 saturated heterocycles. The van der Waals surface area contributed by atoms with Crippen molar-refractivity contribution in [2.24, 2.45) is 11.0 Å². The maximum Gasteiger partial charge on any atom is 0.407 e. The molecule has 0 aromatic carbocycles. The number of carbonyl (C=O) groups excluding carboxylic acids is 1. The SMILES string of the molecule is CC(C)(C)OC(=O)N[C@H]1C[C@H](CN=[N+]=[N-])C1. The van der Waals surface area contributed by atoms with Crippen molar-refractivity contribution in [1.82, 2.24) is 5.32 Å². The van der Waals surface area contributed by atoms with Gasteiger partial charge in [0.2, 0.25) is 0 Å². The zero-order valence-corrected chi connectivity index (χ0v) is 9.93. The highest BCUT2D eigenvalue weighted by Crippen LogP contribution is 2.27. The van der Waals surface area contributed by atoms with Gasteiger partial charge in [-0.25, -0.2) is 4.79 Å². The summed E-state index contributed by atoms with van der Waals surface area (Å²) in [5.74, 6) is 0.399. The largest absolute Gasteiger partial charge is 0.444 e. The number of nitrogens with one attached hydrogen (secondary N) is 1. The summed E-state index contributed by atoms with van der Waals surface area (Å²) in [6.07, 6.45) is 1.34. The van der Waals surface area contributed by atoms with Crippen molar-refractivity contribution in [3.63, 3.8) is 0 Å². The summed E-state index contributed by atoms with van der Waals surface area (Å²) in [6, 6.07) is 0.161. The number of ether oxygens (including phenoxy) is 1. The summed E-state index contributed by atoms with van der Waals surface area (Å²) in [5, 5.41) is 6.29. The van der Waals surface area contributed by atoms with Gasteiger partial charge in [0.15, 0.2) is 0 Å². The van der Waals surface area contributed by atoms with E-state index in [0.29, 0.717) is 12.5 Å². The molecule has 0 aromatic heterocycles. The third-order valence-electron chi connectivity index (χ3n) is 2.36. The Morgan fingerprint density at radius 3 is 2.69 bits per heavy atom. The van der Waals surface area contributed by atoms with Gasteiger partial charge in [0, 0.05) is 17.5 Å². The van der Waals surface area contributed by atoms with Crippen LogP contribution in [0.1, 0.15) is 33.6 Å². The number of alkyl carbamates (subject to hydrolysis) is 1. The second-order valence-electron chi connectivity index (χ2n) is 5.09. The van der Waals surface area contributed by atoms with E-state index in [1.54, 1.807) is 0 Å². The molecule has 6 heteroatoms. The number of rotatable bonds is 3. The van der Waals surface area contributed by atoms with Gasteiger partial charge in [-0.1, -0.05) is 5.11 Å². The minimum absolute atomic E-state index is 0.161.